The van der Waals surface area contributed by atoms with Crippen LogP contribution in [0.4, 0.5) is 0 Å². The van der Waals surface area contributed by atoms with E-state index in [0.717, 1.165) is 5.56 Å². The minimum Gasteiger partial charge on any atom is -0.497 e. The van der Waals surface area contributed by atoms with Gasteiger partial charge >= 0.3 is 0 Å². The van der Waals surface area contributed by atoms with E-state index in [9.17, 15) is 9.59 Å². The molecule has 3 rings (SSSR count). The number of halogens is 3. The molecule has 0 aliphatic carbocycles. The second-order valence-electron chi connectivity index (χ2n) is 8.95. The fraction of sp³-hybridized carbons (Fsp3) is 0.276. The SMILES string of the molecule is CCOc1cc(C=NNC(=O)C(NC(=O)c2ccc(OC)cc2)C(C)C)cc(Br)c1OCc1ccc(Cl)cc1Cl. The van der Waals surface area contributed by atoms with Gasteiger partial charge in [0.1, 0.15) is 18.4 Å². The zero-order valence-electron chi connectivity index (χ0n) is 22.5. The Hall–Kier alpha value is -3.27. The summed E-state index contributed by atoms with van der Waals surface area (Å²) in [5.41, 5.74) is 4.35. The van der Waals surface area contributed by atoms with Crippen LogP contribution < -0.4 is 25.0 Å². The van der Waals surface area contributed by atoms with Crippen LogP contribution in [0.5, 0.6) is 17.2 Å². The number of nitrogens with one attached hydrogen (secondary N) is 2. The number of rotatable bonds is 12. The summed E-state index contributed by atoms with van der Waals surface area (Å²) in [7, 11) is 1.55. The largest absolute Gasteiger partial charge is 0.497 e. The van der Waals surface area contributed by atoms with Gasteiger partial charge in [-0.15, -0.1) is 0 Å². The van der Waals surface area contributed by atoms with Crippen molar-refractivity contribution in [2.24, 2.45) is 11.0 Å². The van der Waals surface area contributed by atoms with E-state index >= 15 is 0 Å². The van der Waals surface area contributed by atoms with Crippen molar-refractivity contribution in [1.29, 1.82) is 0 Å². The smallest absolute Gasteiger partial charge is 0.262 e. The van der Waals surface area contributed by atoms with Crippen molar-refractivity contribution in [2.45, 2.75) is 33.4 Å². The van der Waals surface area contributed by atoms with Gasteiger partial charge in [-0.2, -0.15) is 5.10 Å². The van der Waals surface area contributed by atoms with Crippen molar-refractivity contribution in [1.82, 2.24) is 10.7 Å². The molecule has 0 radical (unpaired) electrons. The summed E-state index contributed by atoms with van der Waals surface area (Å²) in [6.45, 7) is 6.15. The van der Waals surface area contributed by atoms with Crippen LogP contribution in [0.15, 0.2) is 64.2 Å². The predicted octanol–water partition coefficient (Wildman–Crippen LogP) is 6.65. The predicted molar refractivity (Wildman–Crippen MR) is 161 cm³/mol. The van der Waals surface area contributed by atoms with Crippen LogP contribution in [0.25, 0.3) is 0 Å². The quantitative estimate of drug-likeness (QED) is 0.169. The van der Waals surface area contributed by atoms with Gasteiger partial charge in [0.25, 0.3) is 11.8 Å². The summed E-state index contributed by atoms with van der Waals surface area (Å²) in [6.07, 6.45) is 1.48. The van der Waals surface area contributed by atoms with E-state index in [0.29, 0.717) is 49.5 Å². The normalized spacial score (nSPS) is 11.8. The van der Waals surface area contributed by atoms with E-state index < -0.39 is 11.9 Å². The first-order valence-electron chi connectivity index (χ1n) is 12.4. The minimum atomic E-state index is -0.798. The van der Waals surface area contributed by atoms with Crippen molar-refractivity contribution in [3.8, 4) is 17.2 Å². The zero-order chi connectivity index (χ0) is 29.2. The van der Waals surface area contributed by atoms with E-state index in [1.807, 2.05) is 20.8 Å². The second-order valence-corrected chi connectivity index (χ2v) is 10.6. The highest BCUT2D eigenvalue weighted by Crippen LogP contribution is 2.37. The van der Waals surface area contributed by atoms with Crippen molar-refractivity contribution in [3.05, 3.63) is 85.8 Å². The fourth-order valence-corrected chi connectivity index (χ4v) is 4.63. The first kappa shape index (κ1) is 31.3. The number of carbonyl (C=O) groups is 2. The molecule has 0 saturated carbocycles. The molecule has 1 atom stereocenters. The highest BCUT2D eigenvalue weighted by molar-refractivity contribution is 9.10. The standard InChI is InChI=1S/C29H30BrCl2N3O5/c1-5-39-25-13-18(12-23(30)27(25)40-16-20-6-9-21(31)14-24(20)32)15-33-35-29(37)26(17(2)3)34-28(36)19-7-10-22(38-4)11-8-19/h6-15,17,26H,5,16H2,1-4H3,(H,34,36)(H,35,37). The number of methoxy groups -OCH3 is 1. The number of hydrogen-bond acceptors (Lipinski definition) is 6. The molecule has 11 heteroatoms. The van der Waals surface area contributed by atoms with Gasteiger partial charge in [-0.25, -0.2) is 5.43 Å². The van der Waals surface area contributed by atoms with Gasteiger partial charge in [0.15, 0.2) is 11.5 Å². The third-order valence-corrected chi connectivity index (χ3v) is 6.87. The Labute approximate surface area is 252 Å². The number of nitrogens with zero attached hydrogens (tertiary/aromatic N) is 1. The Morgan fingerprint density at radius 1 is 1.05 bits per heavy atom. The van der Waals surface area contributed by atoms with E-state index in [-0.39, 0.29) is 18.4 Å². The van der Waals surface area contributed by atoms with Gasteiger partial charge in [0.05, 0.1) is 24.4 Å². The van der Waals surface area contributed by atoms with Crippen molar-refractivity contribution in [2.75, 3.05) is 13.7 Å². The molecular formula is C29H30BrCl2N3O5. The lowest BCUT2D eigenvalue weighted by molar-refractivity contribution is -0.123. The molecule has 0 aromatic heterocycles. The maximum Gasteiger partial charge on any atom is 0.262 e. The molecule has 212 valence electrons. The van der Waals surface area contributed by atoms with Gasteiger partial charge in [-0.3, -0.25) is 9.59 Å². The monoisotopic (exact) mass is 649 g/mol. The topological polar surface area (TPSA) is 98.2 Å². The molecular weight excluding hydrogens is 621 g/mol. The Balaban J connectivity index is 1.68. The molecule has 2 N–H and O–H groups in total. The summed E-state index contributed by atoms with van der Waals surface area (Å²) >= 11 is 15.8. The average molecular weight is 651 g/mol. The Bertz CT molecular complexity index is 1370. The average Bonchev–Trinajstić information content (AvgIpc) is 2.92. The minimum absolute atomic E-state index is 0.179. The molecule has 8 nitrogen and oxygen atoms in total. The number of amides is 2. The van der Waals surface area contributed by atoms with Crippen LogP contribution in [0.2, 0.25) is 10.0 Å². The Morgan fingerprint density at radius 2 is 1.77 bits per heavy atom. The number of hydrazone groups is 1. The van der Waals surface area contributed by atoms with E-state index in [2.05, 4.69) is 31.8 Å². The van der Waals surface area contributed by atoms with Crippen LogP contribution in [0, 0.1) is 5.92 Å². The first-order valence-corrected chi connectivity index (χ1v) is 14.0. The van der Waals surface area contributed by atoms with E-state index in [1.54, 1.807) is 61.7 Å². The molecule has 0 aliphatic rings. The number of ether oxygens (including phenoxy) is 3. The van der Waals surface area contributed by atoms with Gasteiger partial charge in [-0.1, -0.05) is 43.1 Å². The van der Waals surface area contributed by atoms with Gasteiger partial charge in [-0.05, 0) is 82.9 Å². The molecule has 0 saturated heterocycles. The van der Waals surface area contributed by atoms with E-state index in [4.69, 9.17) is 37.4 Å². The molecule has 40 heavy (non-hydrogen) atoms. The van der Waals surface area contributed by atoms with Gasteiger partial charge in [0.2, 0.25) is 0 Å². The fourth-order valence-electron chi connectivity index (χ4n) is 3.60. The number of carbonyl (C=O) groups excluding carboxylic acids is 2. The molecule has 2 amide bonds. The zero-order valence-corrected chi connectivity index (χ0v) is 25.6. The Kier molecular flexibility index (Phi) is 11.7. The number of hydrogen-bond donors (Lipinski definition) is 2. The molecule has 0 heterocycles. The van der Waals surface area contributed by atoms with Crippen LogP contribution in [0.1, 0.15) is 42.3 Å². The lowest BCUT2D eigenvalue weighted by atomic mass is 10.0. The summed E-state index contributed by atoms with van der Waals surface area (Å²) < 4.78 is 17.5. The van der Waals surface area contributed by atoms with Crippen LogP contribution in [0.3, 0.4) is 0 Å². The molecule has 0 aliphatic heterocycles. The summed E-state index contributed by atoms with van der Waals surface area (Å²) in [6, 6.07) is 14.5. The molecule has 0 spiro atoms. The highest BCUT2D eigenvalue weighted by atomic mass is 79.9. The maximum absolute atomic E-state index is 12.9. The van der Waals surface area contributed by atoms with Gasteiger partial charge in [0, 0.05) is 21.2 Å². The highest BCUT2D eigenvalue weighted by Gasteiger charge is 2.24. The van der Waals surface area contributed by atoms with Crippen LogP contribution >= 0.6 is 39.1 Å². The second kappa shape index (κ2) is 14.9. The molecule has 0 fully saturated rings. The lowest BCUT2D eigenvalue weighted by Gasteiger charge is -2.20. The molecule has 1 unspecified atom stereocenters. The lowest BCUT2D eigenvalue weighted by Crippen LogP contribution is -2.48. The van der Waals surface area contributed by atoms with Crippen molar-refractivity contribution >= 4 is 57.2 Å². The summed E-state index contributed by atoms with van der Waals surface area (Å²) in [5, 5.41) is 7.91. The van der Waals surface area contributed by atoms with Crippen molar-refractivity contribution in [3.63, 3.8) is 0 Å². The molecule has 3 aromatic rings. The first-order chi connectivity index (χ1) is 19.1. The molecule has 3 aromatic carbocycles. The number of benzene rings is 3. The summed E-state index contributed by atoms with van der Waals surface area (Å²) in [4.78, 5) is 25.6. The maximum atomic E-state index is 12.9. The van der Waals surface area contributed by atoms with Crippen LogP contribution in [-0.2, 0) is 11.4 Å². The molecule has 0 bridgehead atoms. The van der Waals surface area contributed by atoms with Crippen molar-refractivity contribution < 1.29 is 23.8 Å². The summed E-state index contributed by atoms with van der Waals surface area (Å²) in [5.74, 6) is 0.616. The third kappa shape index (κ3) is 8.61. The van der Waals surface area contributed by atoms with Crippen LogP contribution in [-0.4, -0.2) is 37.8 Å². The third-order valence-electron chi connectivity index (χ3n) is 5.70. The van der Waals surface area contributed by atoms with Gasteiger partial charge < -0.3 is 19.5 Å². The Morgan fingerprint density at radius 3 is 2.40 bits per heavy atom. The van der Waals surface area contributed by atoms with E-state index in [1.165, 1.54) is 6.21 Å².